The summed E-state index contributed by atoms with van der Waals surface area (Å²) in [4.78, 5) is 0. The van der Waals surface area contributed by atoms with Crippen molar-refractivity contribution in [3.05, 3.63) is 52.7 Å². The molecule has 2 rings (SSSR count). The maximum atomic E-state index is 13.7. The zero-order valence-electron chi connectivity index (χ0n) is 12.9. The van der Waals surface area contributed by atoms with Crippen molar-refractivity contribution in [2.45, 2.75) is 39.8 Å². The lowest BCUT2D eigenvalue weighted by molar-refractivity contribution is 0.358. The second-order valence-corrected chi connectivity index (χ2v) is 6.38. The minimum absolute atomic E-state index is 0.0984. The molecule has 1 heterocycles. The predicted octanol–water partition coefficient (Wildman–Crippen LogP) is 3.16. The first-order valence-electron chi connectivity index (χ1n) is 7.26. The van der Waals surface area contributed by atoms with E-state index < -0.39 is 22.8 Å². The predicted molar refractivity (Wildman–Crippen MR) is 80.9 cm³/mol. The molecule has 0 aliphatic heterocycles. The van der Waals surface area contributed by atoms with E-state index in [-0.39, 0.29) is 12.1 Å². The highest BCUT2D eigenvalue weighted by Gasteiger charge is 2.26. The van der Waals surface area contributed by atoms with Crippen LogP contribution in [0.5, 0.6) is 0 Å². The Labute approximate surface area is 134 Å². The average Bonchev–Trinajstić information content (AvgIpc) is 2.89. The van der Waals surface area contributed by atoms with Gasteiger partial charge in [0.2, 0.25) is 0 Å². The smallest absolute Gasteiger partial charge is 0.361 e. The number of aryl methyl sites for hydroxylation is 2. The molecular formula is C15H18F2N2O3S. The van der Waals surface area contributed by atoms with Gasteiger partial charge in [-0.25, -0.2) is 4.39 Å². The first kappa shape index (κ1) is 17.6. The molecule has 5 nitrogen and oxygen atoms in total. The van der Waals surface area contributed by atoms with E-state index in [2.05, 4.69) is 5.16 Å². The van der Waals surface area contributed by atoms with Crippen molar-refractivity contribution < 1.29 is 21.2 Å². The van der Waals surface area contributed by atoms with Gasteiger partial charge in [-0.15, -0.1) is 0 Å². The standard InChI is InChI=1S/C15H18F2N2O3S/c1-3-14-12(15(4-2)22-18-14)10-19(23(17,20)21)9-11-7-5-6-8-13(11)16/h5-8H,3-4,9-10H2,1-2H3. The normalized spacial score (nSPS) is 12.0. The van der Waals surface area contributed by atoms with Crippen LogP contribution in [0.15, 0.2) is 28.8 Å². The Hall–Kier alpha value is -1.80. The average molecular weight is 344 g/mol. The third kappa shape index (κ3) is 4.14. The summed E-state index contributed by atoms with van der Waals surface area (Å²) < 4.78 is 56.0. The molecule has 1 aromatic carbocycles. The van der Waals surface area contributed by atoms with Gasteiger partial charge >= 0.3 is 10.4 Å². The topological polar surface area (TPSA) is 63.4 Å². The van der Waals surface area contributed by atoms with Crippen molar-refractivity contribution in [2.75, 3.05) is 0 Å². The van der Waals surface area contributed by atoms with Gasteiger partial charge < -0.3 is 4.52 Å². The van der Waals surface area contributed by atoms with Gasteiger partial charge in [0.15, 0.2) is 0 Å². The molecule has 0 unspecified atom stereocenters. The van der Waals surface area contributed by atoms with Crippen LogP contribution in [0.4, 0.5) is 8.28 Å². The van der Waals surface area contributed by atoms with E-state index in [1.54, 1.807) is 6.07 Å². The molecule has 126 valence electrons. The molecule has 0 amide bonds. The SMILES string of the molecule is CCc1noc(CC)c1CN(Cc1ccccc1F)S(=O)(=O)F. The number of halogens is 2. The summed E-state index contributed by atoms with van der Waals surface area (Å²) >= 11 is 0. The van der Waals surface area contributed by atoms with Crippen LogP contribution in [0, 0.1) is 5.82 Å². The molecule has 0 aliphatic carbocycles. The van der Waals surface area contributed by atoms with Crippen LogP contribution < -0.4 is 0 Å². The van der Waals surface area contributed by atoms with Gasteiger partial charge in [-0.2, -0.15) is 12.7 Å². The van der Waals surface area contributed by atoms with E-state index in [0.717, 1.165) is 0 Å². The molecule has 0 aliphatic rings. The Morgan fingerprint density at radius 3 is 2.43 bits per heavy atom. The third-order valence-corrected chi connectivity index (χ3v) is 4.43. The molecule has 0 N–H and O–H groups in total. The highest BCUT2D eigenvalue weighted by molar-refractivity contribution is 7.83. The largest absolute Gasteiger partial charge is 0.375 e. The molecule has 23 heavy (non-hydrogen) atoms. The molecule has 0 atom stereocenters. The Balaban J connectivity index is 2.34. The van der Waals surface area contributed by atoms with Crippen molar-refractivity contribution >= 4 is 10.4 Å². The van der Waals surface area contributed by atoms with Crippen LogP contribution in [-0.2, 0) is 36.3 Å². The van der Waals surface area contributed by atoms with Gasteiger partial charge in [-0.3, -0.25) is 0 Å². The number of benzene rings is 1. The zero-order valence-corrected chi connectivity index (χ0v) is 13.7. The minimum Gasteiger partial charge on any atom is -0.361 e. The maximum Gasteiger partial charge on any atom is 0.375 e. The minimum atomic E-state index is -5.01. The van der Waals surface area contributed by atoms with Crippen molar-refractivity contribution in [1.29, 1.82) is 0 Å². The highest BCUT2D eigenvalue weighted by Crippen LogP contribution is 2.22. The maximum absolute atomic E-state index is 13.7. The number of hydrogen-bond acceptors (Lipinski definition) is 4. The van der Waals surface area contributed by atoms with Crippen LogP contribution in [0.25, 0.3) is 0 Å². The number of rotatable bonds is 7. The van der Waals surface area contributed by atoms with Crippen LogP contribution in [0.3, 0.4) is 0 Å². The lowest BCUT2D eigenvalue weighted by atomic mass is 10.1. The second kappa shape index (κ2) is 7.18. The zero-order chi connectivity index (χ0) is 17.0. The van der Waals surface area contributed by atoms with Crippen LogP contribution in [0.1, 0.15) is 36.4 Å². The summed E-state index contributed by atoms with van der Waals surface area (Å²) in [6.45, 7) is 3.02. The van der Waals surface area contributed by atoms with Gasteiger partial charge in [0.25, 0.3) is 0 Å². The summed E-state index contributed by atoms with van der Waals surface area (Å²) in [6, 6.07) is 5.67. The second-order valence-electron chi connectivity index (χ2n) is 5.04. The van der Waals surface area contributed by atoms with E-state index >= 15 is 0 Å². The Bertz CT molecular complexity index is 753. The third-order valence-electron chi connectivity index (χ3n) is 3.55. The molecule has 0 radical (unpaired) electrons. The molecule has 0 spiro atoms. The summed E-state index contributed by atoms with van der Waals surface area (Å²) in [5.41, 5.74) is 1.21. The fourth-order valence-electron chi connectivity index (χ4n) is 2.32. The summed E-state index contributed by atoms with van der Waals surface area (Å²) in [5.74, 6) is -0.0815. The summed E-state index contributed by atoms with van der Waals surface area (Å²) in [7, 11) is -5.01. The summed E-state index contributed by atoms with van der Waals surface area (Å²) in [5, 5.41) is 3.87. The van der Waals surface area contributed by atoms with Crippen molar-refractivity contribution in [3.8, 4) is 0 Å². The molecule has 0 bridgehead atoms. The Morgan fingerprint density at radius 2 is 1.87 bits per heavy atom. The van der Waals surface area contributed by atoms with E-state index in [1.165, 1.54) is 18.2 Å². The van der Waals surface area contributed by atoms with Crippen molar-refractivity contribution in [1.82, 2.24) is 9.46 Å². The first-order valence-corrected chi connectivity index (χ1v) is 8.60. The monoisotopic (exact) mass is 344 g/mol. The lowest BCUT2D eigenvalue weighted by Crippen LogP contribution is -2.28. The van der Waals surface area contributed by atoms with Crippen LogP contribution >= 0.6 is 0 Å². The number of aromatic nitrogens is 1. The quantitative estimate of drug-likeness (QED) is 0.724. The molecular weight excluding hydrogens is 326 g/mol. The molecule has 0 fully saturated rings. The van der Waals surface area contributed by atoms with Crippen LogP contribution in [0.2, 0.25) is 0 Å². The van der Waals surface area contributed by atoms with E-state index in [4.69, 9.17) is 4.52 Å². The number of nitrogens with zero attached hydrogens (tertiary/aromatic N) is 2. The van der Waals surface area contributed by atoms with Gasteiger partial charge in [-0.05, 0) is 12.5 Å². The molecule has 2 aromatic rings. The van der Waals surface area contributed by atoms with Gasteiger partial charge in [-0.1, -0.05) is 41.1 Å². The first-order chi connectivity index (χ1) is 10.9. The summed E-state index contributed by atoms with van der Waals surface area (Å²) in [6.07, 6.45) is 1.03. The lowest BCUT2D eigenvalue weighted by Gasteiger charge is -2.18. The Morgan fingerprint density at radius 1 is 1.17 bits per heavy atom. The number of hydrogen-bond donors (Lipinski definition) is 0. The van der Waals surface area contributed by atoms with E-state index in [9.17, 15) is 16.7 Å². The van der Waals surface area contributed by atoms with Crippen molar-refractivity contribution in [2.24, 2.45) is 0 Å². The highest BCUT2D eigenvalue weighted by atomic mass is 32.3. The molecule has 0 saturated heterocycles. The fourth-order valence-corrected chi connectivity index (χ4v) is 2.90. The van der Waals surface area contributed by atoms with Gasteiger partial charge in [0, 0.05) is 30.6 Å². The van der Waals surface area contributed by atoms with E-state index in [1.807, 2.05) is 13.8 Å². The Kier molecular flexibility index (Phi) is 5.48. The molecule has 8 heteroatoms. The van der Waals surface area contributed by atoms with Crippen molar-refractivity contribution in [3.63, 3.8) is 0 Å². The van der Waals surface area contributed by atoms with E-state index in [0.29, 0.717) is 34.2 Å². The van der Waals surface area contributed by atoms with Gasteiger partial charge in [0.05, 0.1) is 5.69 Å². The fraction of sp³-hybridized carbons (Fsp3) is 0.400. The van der Waals surface area contributed by atoms with Gasteiger partial charge in [0.1, 0.15) is 11.6 Å². The molecule has 1 aromatic heterocycles. The molecule has 0 saturated carbocycles. The van der Waals surface area contributed by atoms with Crippen LogP contribution in [-0.4, -0.2) is 17.9 Å².